The molecule has 3 aromatic rings. The SMILES string of the molecule is Fc1ccc(OCCN2CCN(CCN3CCCC(c4ccc(F)cc4)c4ccc(F)cc43)CC2)cc1. The van der Waals surface area contributed by atoms with Crippen LogP contribution in [0.5, 0.6) is 5.75 Å². The Bertz CT molecular complexity index is 1150. The van der Waals surface area contributed by atoms with Crippen molar-refractivity contribution in [3.63, 3.8) is 0 Å². The zero-order valence-corrected chi connectivity index (χ0v) is 21.1. The average Bonchev–Trinajstić information content (AvgIpc) is 3.09. The Balaban J connectivity index is 1.14. The minimum atomic E-state index is -0.259. The molecule has 1 fully saturated rings. The third kappa shape index (κ3) is 6.65. The van der Waals surface area contributed by atoms with E-state index < -0.39 is 0 Å². The maximum Gasteiger partial charge on any atom is 0.125 e. The van der Waals surface area contributed by atoms with E-state index in [1.54, 1.807) is 18.2 Å². The molecule has 2 aliphatic rings. The number of anilines is 1. The van der Waals surface area contributed by atoms with Gasteiger partial charge in [-0.2, -0.15) is 0 Å². The van der Waals surface area contributed by atoms with Gasteiger partial charge in [-0.3, -0.25) is 9.80 Å². The highest BCUT2D eigenvalue weighted by Crippen LogP contribution is 2.39. The number of nitrogens with zero attached hydrogens (tertiary/aromatic N) is 3. The van der Waals surface area contributed by atoms with Gasteiger partial charge in [0.05, 0.1) is 0 Å². The molecule has 0 radical (unpaired) electrons. The van der Waals surface area contributed by atoms with Gasteiger partial charge >= 0.3 is 0 Å². The molecule has 0 bridgehead atoms. The summed E-state index contributed by atoms with van der Waals surface area (Å²) >= 11 is 0. The summed E-state index contributed by atoms with van der Waals surface area (Å²) in [6, 6.07) is 18.0. The Morgan fingerprint density at radius 3 is 2.00 bits per heavy atom. The molecule has 1 unspecified atom stereocenters. The Hall–Kier alpha value is -3.03. The van der Waals surface area contributed by atoms with Crippen LogP contribution in [0.4, 0.5) is 18.9 Å². The predicted octanol–water partition coefficient (Wildman–Crippen LogP) is 5.53. The van der Waals surface area contributed by atoms with Gasteiger partial charge in [-0.15, -0.1) is 0 Å². The molecule has 5 rings (SSSR count). The quantitative estimate of drug-likeness (QED) is 0.397. The maximum atomic E-state index is 14.3. The number of hydrogen-bond donors (Lipinski definition) is 0. The molecule has 0 saturated carbocycles. The first-order chi connectivity index (χ1) is 18.0. The van der Waals surface area contributed by atoms with Gasteiger partial charge in [0.15, 0.2) is 0 Å². The zero-order chi connectivity index (χ0) is 25.6. The number of benzene rings is 3. The van der Waals surface area contributed by atoms with Crippen molar-refractivity contribution in [3.05, 3.63) is 95.3 Å². The predicted molar refractivity (Wildman–Crippen MR) is 141 cm³/mol. The Labute approximate surface area is 217 Å². The molecular formula is C30H34F3N3O. The largest absolute Gasteiger partial charge is 0.492 e. The van der Waals surface area contributed by atoms with Crippen LogP contribution in [-0.4, -0.2) is 68.8 Å². The van der Waals surface area contributed by atoms with Crippen LogP contribution >= 0.6 is 0 Å². The second-order valence-corrected chi connectivity index (χ2v) is 9.92. The average molecular weight is 510 g/mol. The maximum absolute atomic E-state index is 14.3. The second-order valence-electron chi connectivity index (χ2n) is 9.92. The van der Waals surface area contributed by atoms with Crippen LogP contribution in [0.2, 0.25) is 0 Å². The summed E-state index contributed by atoms with van der Waals surface area (Å²) in [4.78, 5) is 7.19. The highest BCUT2D eigenvalue weighted by Gasteiger charge is 2.26. The summed E-state index contributed by atoms with van der Waals surface area (Å²) in [5.41, 5.74) is 3.16. The lowest BCUT2D eigenvalue weighted by molar-refractivity contribution is 0.118. The number of fused-ring (bicyclic) bond motifs is 1. The Morgan fingerprint density at radius 2 is 1.30 bits per heavy atom. The molecule has 3 aromatic carbocycles. The fourth-order valence-corrected chi connectivity index (χ4v) is 5.44. The van der Waals surface area contributed by atoms with Crippen LogP contribution in [0.25, 0.3) is 0 Å². The first-order valence-electron chi connectivity index (χ1n) is 13.2. The number of halogens is 3. The molecule has 0 N–H and O–H groups in total. The van der Waals surface area contributed by atoms with Gasteiger partial charge in [-0.1, -0.05) is 18.2 Å². The highest BCUT2D eigenvalue weighted by molar-refractivity contribution is 5.58. The van der Waals surface area contributed by atoms with Gasteiger partial charge in [-0.25, -0.2) is 13.2 Å². The van der Waals surface area contributed by atoms with Crippen molar-refractivity contribution in [1.82, 2.24) is 9.80 Å². The number of rotatable bonds is 8. The van der Waals surface area contributed by atoms with E-state index in [-0.39, 0.29) is 23.4 Å². The number of ether oxygens (including phenoxy) is 1. The molecule has 2 aliphatic heterocycles. The smallest absolute Gasteiger partial charge is 0.125 e. The first-order valence-corrected chi connectivity index (χ1v) is 13.2. The van der Waals surface area contributed by atoms with Gasteiger partial charge < -0.3 is 9.64 Å². The van der Waals surface area contributed by atoms with E-state index in [0.717, 1.165) is 82.0 Å². The molecule has 1 saturated heterocycles. The summed E-state index contributed by atoms with van der Waals surface area (Å²) in [5.74, 6) is 0.113. The Morgan fingerprint density at radius 1 is 0.676 bits per heavy atom. The molecule has 2 heterocycles. The van der Waals surface area contributed by atoms with E-state index in [1.807, 2.05) is 18.2 Å². The van der Waals surface area contributed by atoms with Gasteiger partial charge in [0.25, 0.3) is 0 Å². The van der Waals surface area contributed by atoms with E-state index in [0.29, 0.717) is 12.4 Å². The van der Waals surface area contributed by atoms with E-state index >= 15 is 0 Å². The molecule has 4 nitrogen and oxygen atoms in total. The summed E-state index contributed by atoms with van der Waals surface area (Å²) < 4.78 is 46.6. The second kappa shape index (κ2) is 12.0. The molecule has 0 amide bonds. The monoisotopic (exact) mass is 509 g/mol. The van der Waals surface area contributed by atoms with Crippen molar-refractivity contribution < 1.29 is 17.9 Å². The first kappa shape index (κ1) is 25.6. The van der Waals surface area contributed by atoms with Crippen molar-refractivity contribution >= 4 is 5.69 Å². The summed E-state index contributed by atoms with van der Waals surface area (Å²) in [5, 5.41) is 0. The molecule has 196 valence electrons. The molecule has 0 spiro atoms. The standard InChI is InChI=1S/C30H34F3N3O/c31-24-5-3-23(4-6-24)28-2-1-13-36(30-22-26(33)9-12-29(28)30)19-18-34-14-16-35(17-15-34)20-21-37-27-10-7-25(32)8-11-27/h3-12,22,28H,1-2,13-21H2. The summed E-state index contributed by atoms with van der Waals surface area (Å²) in [6.07, 6.45) is 1.96. The van der Waals surface area contributed by atoms with Crippen LogP contribution in [0, 0.1) is 17.5 Å². The van der Waals surface area contributed by atoms with Crippen LogP contribution < -0.4 is 9.64 Å². The van der Waals surface area contributed by atoms with Crippen LogP contribution in [0.15, 0.2) is 66.7 Å². The third-order valence-electron chi connectivity index (χ3n) is 7.54. The molecule has 37 heavy (non-hydrogen) atoms. The van der Waals surface area contributed by atoms with Crippen molar-refractivity contribution in [2.45, 2.75) is 18.8 Å². The van der Waals surface area contributed by atoms with Gasteiger partial charge in [-0.05, 0) is 72.5 Å². The normalized spacial score (nSPS) is 18.9. The van der Waals surface area contributed by atoms with Crippen molar-refractivity contribution in [2.75, 3.05) is 63.9 Å². The van der Waals surface area contributed by atoms with E-state index in [9.17, 15) is 13.2 Å². The van der Waals surface area contributed by atoms with E-state index in [2.05, 4.69) is 14.7 Å². The molecule has 1 atom stereocenters. The van der Waals surface area contributed by atoms with Gasteiger partial charge in [0.2, 0.25) is 0 Å². The van der Waals surface area contributed by atoms with E-state index in [4.69, 9.17) is 4.74 Å². The molecule has 7 heteroatoms. The van der Waals surface area contributed by atoms with Crippen molar-refractivity contribution in [1.29, 1.82) is 0 Å². The van der Waals surface area contributed by atoms with Crippen molar-refractivity contribution in [2.24, 2.45) is 0 Å². The zero-order valence-electron chi connectivity index (χ0n) is 21.1. The molecule has 0 aliphatic carbocycles. The summed E-state index contributed by atoms with van der Waals surface area (Å²) in [6.45, 7) is 8.00. The van der Waals surface area contributed by atoms with Gasteiger partial charge in [0, 0.05) is 64.0 Å². The molecular weight excluding hydrogens is 475 g/mol. The summed E-state index contributed by atoms with van der Waals surface area (Å²) in [7, 11) is 0. The van der Waals surface area contributed by atoms with E-state index in [1.165, 1.54) is 30.3 Å². The molecule has 0 aromatic heterocycles. The number of piperazine rings is 1. The van der Waals surface area contributed by atoms with Crippen molar-refractivity contribution in [3.8, 4) is 5.75 Å². The number of hydrogen-bond acceptors (Lipinski definition) is 4. The Kier molecular flexibility index (Phi) is 8.31. The van der Waals surface area contributed by atoms with Crippen LogP contribution in [0.1, 0.15) is 29.9 Å². The lowest BCUT2D eigenvalue weighted by Crippen LogP contribution is -2.49. The highest BCUT2D eigenvalue weighted by atomic mass is 19.1. The van der Waals surface area contributed by atoms with Crippen LogP contribution in [0.3, 0.4) is 0 Å². The lowest BCUT2D eigenvalue weighted by Gasteiger charge is -2.36. The minimum Gasteiger partial charge on any atom is -0.492 e. The third-order valence-corrected chi connectivity index (χ3v) is 7.54. The van der Waals surface area contributed by atoms with Gasteiger partial charge in [0.1, 0.15) is 29.8 Å². The topological polar surface area (TPSA) is 19.0 Å². The van der Waals surface area contributed by atoms with Crippen LogP contribution in [-0.2, 0) is 0 Å². The fraction of sp³-hybridized carbons (Fsp3) is 0.400. The minimum absolute atomic E-state index is 0.141. The fourth-order valence-electron chi connectivity index (χ4n) is 5.44. The lowest BCUT2D eigenvalue weighted by atomic mass is 9.87.